The first-order valence-electron chi connectivity index (χ1n) is 6.07. The van der Waals surface area contributed by atoms with Gasteiger partial charge in [-0.2, -0.15) is 0 Å². The van der Waals surface area contributed by atoms with Crippen molar-refractivity contribution in [1.29, 1.82) is 0 Å². The molecule has 0 radical (unpaired) electrons. The first-order valence-corrected chi connectivity index (χ1v) is 6.86. The fourth-order valence-corrected chi connectivity index (χ4v) is 3.23. The Hall–Kier alpha value is -0.800. The van der Waals surface area contributed by atoms with Gasteiger partial charge < -0.3 is 9.55 Å². The zero-order valence-electron chi connectivity index (χ0n) is 9.74. The van der Waals surface area contributed by atoms with E-state index in [-0.39, 0.29) is 0 Å². The van der Waals surface area contributed by atoms with Crippen molar-refractivity contribution in [3.8, 4) is 0 Å². The largest absolute Gasteiger partial charge is 0.329 e. The van der Waals surface area contributed by atoms with Gasteiger partial charge in [0.1, 0.15) is 0 Å². The summed E-state index contributed by atoms with van der Waals surface area (Å²) in [5, 5.41) is 0.744. The minimum absolute atomic E-state index is 0.462. The number of para-hydroxylation sites is 1. The quantitative estimate of drug-likeness (QED) is 0.781. The van der Waals surface area contributed by atoms with E-state index < -0.39 is 0 Å². The molecule has 3 rings (SSSR count). The maximum atomic E-state index is 6.18. The Bertz CT molecular complexity index is 609. The average Bonchev–Trinajstić information content (AvgIpc) is 2.53. The van der Waals surface area contributed by atoms with Crippen LogP contribution in [0.25, 0.3) is 11.0 Å². The summed E-state index contributed by atoms with van der Waals surface area (Å²) in [6.07, 6.45) is 3.98. The average molecular weight is 267 g/mol. The summed E-state index contributed by atoms with van der Waals surface area (Å²) >= 11 is 11.6. The standard InChI is InChI=1S/C13H15ClN2S/c1-8(9-4-2-5-9)16-11-7-3-6-10(14)12(11)15-13(16)17/h3,6-9H,2,4-5H2,1H3,(H,15,17). The van der Waals surface area contributed by atoms with Gasteiger partial charge >= 0.3 is 0 Å². The van der Waals surface area contributed by atoms with Crippen LogP contribution in [-0.2, 0) is 0 Å². The molecule has 90 valence electrons. The Balaban J connectivity index is 2.18. The van der Waals surface area contributed by atoms with E-state index in [1.807, 2.05) is 12.1 Å². The molecule has 1 atom stereocenters. The van der Waals surface area contributed by atoms with Crippen LogP contribution in [0.3, 0.4) is 0 Å². The number of hydrogen-bond acceptors (Lipinski definition) is 1. The van der Waals surface area contributed by atoms with Crippen LogP contribution in [-0.4, -0.2) is 9.55 Å². The van der Waals surface area contributed by atoms with Gasteiger partial charge in [0.2, 0.25) is 0 Å². The number of H-pyrrole nitrogens is 1. The number of aromatic nitrogens is 2. The van der Waals surface area contributed by atoms with Gasteiger partial charge in [0.05, 0.1) is 16.1 Å². The highest BCUT2D eigenvalue weighted by Gasteiger charge is 2.26. The van der Waals surface area contributed by atoms with E-state index in [0.29, 0.717) is 6.04 Å². The molecule has 1 saturated carbocycles. The summed E-state index contributed by atoms with van der Waals surface area (Å²) in [6, 6.07) is 6.43. The lowest BCUT2D eigenvalue weighted by Gasteiger charge is -2.32. The molecule has 1 N–H and O–H groups in total. The third kappa shape index (κ3) is 1.72. The molecule has 1 unspecified atom stereocenters. The van der Waals surface area contributed by atoms with E-state index in [1.165, 1.54) is 19.3 Å². The summed E-state index contributed by atoms with van der Waals surface area (Å²) in [5.41, 5.74) is 2.09. The molecule has 1 fully saturated rings. The first-order chi connectivity index (χ1) is 8.18. The van der Waals surface area contributed by atoms with Crippen LogP contribution >= 0.6 is 23.8 Å². The van der Waals surface area contributed by atoms with Crippen LogP contribution in [0.5, 0.6) is 0 Å². The second kappa shape index (κ2) is 4.14. The van der Waals surface area contributed by atoms with Crippen molar-refractivity contribution in [2.24, 2.45) is 5.92 Å². The lowest BCUT2D eigenvalue weighted by Crippen LogP contribution is -2.22. The van der Waals surface area contributed by atoms with Gasteiger partial charge in [0, 0.05) is 6.04 Å². The number of hydrogen-bond donors (Lipinski definition) is 1. The molecule has 1 aliphatic rings. The number of nitrogens with one attached hydrogen (secondary N) is 1. The fourth-order valence-electron chi connectivity index (χ4n) is 2.65. The maximum absolute atomic E-state index is 6.18. The van der Waals surface area contributed by atoms with Gasteiger partial charge in [-0.3, -0.25) is 0 Å². The molecule has 0 amide bonds. The predicted molar refractivity (Wildman–Crippen MR) is 74.2 cm³/mol. The molecule has 4 heteroatoms. The molecule has 0 spiro atoms. The number of nitrogens with zero attached hydrogens (tertiary/aromatic N) is 1. The summed E-state index contributed by atoms with van der Waals surface area (Å²) in [6.45, 7) is 2.26. The molecule has 1 aliphatic carbocycles. The Morgan fingerprint density at radius 3 is 2.88 bits per heavy atom. The van der Waals surface area contributed by atoms with E-state index in [9.17, 15) is 0 Å². The van der Waals surface area contributed by atoms with Crippen LogP contribution in [0, 0.1) is 10.7 Å². The van der Waals surface area contributed by atoms with Gasteiger partial charge in [-0.25, -0.2) is 0 Å². The minimum Gasteiger partial charge on any atom is -0.329 e. The number of rotatable bonds is 2. The summed E-state index contributed by atoms with van der Waals surface area (Å²) in [5.74, 6) is 0.764. The molecule has 0 saturated heterocycles. The van der Waals surface area contributed by atoms with Crippen molar-refractivity contribution in [2.75, 3.05) is 0 Å². The topological polar surface area (TPSA) is 20.7 Å². The van der Waals surface area contributed by atoms with E-state index in [0.717, 1.165) is 26.7 Å². The zero-order chi connectivity index (χ0) is 12.0. The fraction of sp³-hybridized carbons (Fsp3) is 0.462. The second-order valence-electron chi connectivity index (χ2n) is 4.87. The predicted octanol–water partition coefficient (Wildman–Crippen LogP) is 4.71. The van der Waals surface area contributed by atoms with Gasteiger partial charge in [-0.15, -0.1) is 0 Å². The molecule has 2 aromatic rings. The number of halogens is 1. The molecule has 0 aliphatic heterocycles. The lowest BCUT2D eigenvalue weighted by atomic mass is 9.80. The normalized spacial score (nSPS) is 18.2. The molecule has 2 nitrogen and oxygen atoms in total. The van der Waals surface area contributed by atoms with Gasteiger partial charge in [0.25, 0.3) is 0 Å². The van der Waals surface area contributed by atoms with Gasteiger partial charge in [0.15, 0.2) is 4.77 Å². The number of aromatic amines is 1. The first kappa shape index (κ1) is 11.3. The Morgan fingerprint density at radius 2 is 2.24 bits per heavy atom. The molecular formula is C13H15ClN2S. The summed E-state index contributed by atoms with van der Waals surface area (Å²) < 4.78 is 3.01. The summed E-state index contributed by atoms with van der Waals surface area (Å²) in [4.78, 5) is 3.23. The van der Waals surface area contributed by atoms with Gasteiger partial charge in [-0.1, -0.05) is 24.1 Å². The summed E-state index contributed by atoms with van der Waals surface area (Å²) in [7, 11) is 0. The van der Waals surface area contributed by atoms with Crippen molar-refractivity contribution < 1.29 is 0 Å². The molecule has 0 bridgehead atoms. The van der Waals surface area contributed by atoms with Crippen LogP contribution in [0.15, 0.2) is 18.2 Å². The SMILES string of the molecule is CC(C1CCC1)n1c(=S)[nH]c2c(Cl)cccc21. The van der Waals surface area contributed by atoms with Crippen molar-refractivity contribution in [3.05, 3.63) is 28.0 Å². The third-order valence-electron chi connectivity index (χ3n) is 3.94. The van der Waals surface area contributed by atoms with Crippen molar-refractivity contribution in [3.63, 3.8) is 0 Å². The lowest BCUT2D eigenvalue weighted by molar-refractivity contribution is 0.224. The number of fused-ring (bicyclic) bond motifs is 1. The Morgan fingerprint density at radius 1 is 1.47 bits per heavy atom. The molecule has 1 aromatic heterocycles. The van der Waals surface area contributed by atoms with Crippen LogP contribution in [0.4, 0.5) is 0 Å². The maximum Gasteiger partial charge on any atom is 0.178 e. The number of benzene rings is 1. The van der Waals surface area contributed by atoms with Crippen molar-refractivity contribution in [1.82, 2.24) is 9.55 Å². The van der Waals surface area contributed by atoms with Crippen molar-refractivity contribution >= 4 is 34.9 Å². The molecule has 17 heavy (non-hydrogen) atoms. The van der Waals surface area contributed by atoms with Crippen LogP contribution in [0.2, 0.25) is 5.02 Å². The van der Waals surface area contributed by atoms with Crippen LogP contribution in [0.1, 0.15) is 32.2 Å². The molecule has 1 aromatic carbocycles. The minimum atomic E-state index is 0.462. The molecule has 1 heterocycles. The Labute approximate surface area is 111 Å². The van der Waals surface area contributed by atoms with Crippen LogP contribution < -0.4 is 0 Å². The van der Waals surface area contributed by atoms with E-state index in [2.05, 4.69) is 22.5 Å². The Kier molecular flexibility index (Phi) is 2.75. The highest BCUT2D eigenvalue weighted by atomic mass is 35.5. The molecular weight excluding hydrogens is 252 g/mol. The zero-order valence-corrected chi connectivity index (χ0v) is 11.3. The second-order valence-corrected chi connectivity index (χ2v) is 5.66. The van der Waals surface area contributed by atoms with E-state index in [1.54, 1.807) is 0 Å². The smallest absolute Gasteiger partial charge is 0.178 e. The third-order valence-corrected chi connectivity index (χ3v) is 4.55. The van der Waals surface area contributed by atoms with Crippen molar-refractivity contribution in [2.45, 2.75) is 32.2 Å². The van der Waals surface area contributed by atoms with E-state index >= 15 is 0 Å². The van der Waals surface area contributed by atoms with E-state index in [4.69, 9.17) is 23.8 Å². The highest BCUT2D eigenvalue weighted by Crippen LogP contribution is 2.38. The number of imidazole rings is 1. The monoisotopic (exact) mass is 266 g/mol. The highest BCUT2D eigenvalue weighted by molar-refractivity contribution is 7.71. The van der Waals surface area contributed by atoms with Gasteiger partial charge in [-0.05, 0) is 50.0 Å².